The van der Waals surface area contributed by atoms with Crippen molar-refractivity contribution in [2.45, 2.75) is 72.1 Å². The number of nitrogens with two attached hydrogens (primary N) is 1. The van der Waals surface area contributed by atoms with E-state index in [0.717, 1.165) is 17.6 Å². The van der Waals surface area contributed by atoms with Crippen molar-refractivity contribution in [2.75, 3.05) is 27.2 Å². The van der Waals surface area contributed by atoms with Gasteiger partial charge in [0.15, 0.2) is 12.4 Å². The monoisotopic (exact) mass is 637 g/mol. The number of hydrogen-bond acceptors (Lipinski definition) is 6. The molecule has 0 spiro atoms. The SMILES string of the molecule is CCC(CC(C(=O)[O-])C1CC(NC(=O)c2ccccc2)CC1CC(CC(C)C[N+](C)(C)CC)C(=O)OC[n+]1ccccc1)C(N)=O. The number of nitrogens with zero attached hydrogens (tertiary/aromatic N) is 2. The van der Waals surface area contributed by atoms with Crippen molar-refractivity contribution in [3.63, 3.8) is 0 Å². The third-order valence-corrected chi connectivity index (χ3v) is 9.78. The summed E-state index contributed by atoms with van der Waals surface area (Å²) in [6.07, 6.45) is 6.02. The highest BCUT2D eigenvalue weighted by Crippen LogP contribution is 2.44. The molecule has 1 aliphatic carbocycles. The summed E-state index contributed by atoms with van der Waals surface area (Å²) in [6, 6.07) is 14.2. The number of aliphatic carboxylic acids is 1. The molecule has 0 radical (unpaired) electrons. The zero-order valence-electron chi connectivity index (χ0n) is 28.1. The second kappa shape index (κ2) is 17.2. The van der Waals surface area contributed by atoms with Crippen LogP contribution in [0.1, 0.15) is 69.7 Å². The molecule has 1 aliphatic rings. The van der Waals surface area contributed by atoms with E-state index < -0.39 is 35.5 Å². The summed E-state index contributed by atoms with van der Waals surface area (Å²) in [6.45, 7) is 7.98. The Labute approximate surface area is 273 Å². The van der Waals surface area contributed by atoms with Gasteiger partial charge in [0.1, 0.15) is 0 Å². The Kier molecular flexibility index (Phi) is 13.7. The minimum atomic E-state index is -1.24. The Morgan fingerprint density at radius 1 is 1.00 bits per heavy atom. The van der Waals surface area contributed by atoms with Crippen molar-refractivity contribution in [3.8, 4) is 0 Å². The van der Waals surface area contributed by atoms with Gasteiger partial charge in [-0.2, -0.15) is 4.57 Å². The summed E-state index contributed by atoms with van der Waals surface area (Å²) in [5.74, 6) is -4.83. The summed E-state index contributed by atoms with van der Waals surface area (Å²) in [5, 5.41) is 15.8. The zero-order chi connectivity index (χ0) is 33.9. The molecule has 0 aliphatic heterocycles. The number of nitrogens with one attached hydrogen (secondary N) is 1. The first kappa shape index (κ1) is 36.7. The second-order valence-corrected chi connectivity index (χ2v) is 13.8. The van der Waals surface area contributed by atoms with Crippen LogP contribution in [0, 0.1) is 35.5 Å². The van der Waals surface area contributed by atoms with Gasteiger partial charge in [0, 0.05) is 47.5 Å². The van der Waals surface area contributed by atoms with Gasteiger partial charge >= 0.3 is 5.97 Å². The lowest BCUT2D eigenvalue weighted by molar-refractivity contribution is -0.891. The number of aromatic nitrogens is 1. The molecule has 252 valence electrons. The first-order valence-electron chi connectivity index (χ1n) is 16.6. The fraction of sp³-hybridized carbons (Fsp3) is 0.583. The number of carboxylic acids is 1. The number of quaternary nitrogens is 1. The predicted molar refractivity (Wildman–Crippen MR) is 172 cm³/mol. The molecule has 1 saturated carbocycles. The average molecular weight is 638 g/mol. The molecule has 0 saturated heterocycles. The predicted octanol–water partition coefficient (Wildman–Crippen LogP) is 2.70. The van der Waals surface area contributed by atoms with Gasteiger partial charge in [-0.25, -0.2) is 0 Å². The topological polar surface area (TPSA) is 142 Å². The van der Waals surface area contributed by atoms with Crippen molar-refractivity contribution >= 4 is 23.8 Å². The summed E-state index contributed by atoms with van der Waals surface area (Å²) in [4.78, 5) is 51.7. The lowest BCUT2D eigenvalue weighted by atomic mass is 9.74. The van der Waals surface area contributed by atoms with Gasteiger partial charge in [-0.05, 0) is 69.4 Å². The number of pyridine rings is 1. The van der Waals surface area contributed by atoms with E-state index in [1.54, 1.807) is 28.8 Å². The van der Waals surface area contributed by atoms with E-state index in [1.165, 1.54) is 0 Å². The maximum atomic E-state index is 13.7. The number of hydrogen-bond donors (Lipinski definition) is 2. The molecule has 1 aromatic heterocycles. The van der Waals surface area contributed by atoms with Crippen LogP contribution in [0.3, 0.4) is 0 Å². The number of carboxylic acid groups (broad SMARTS) is 1. The normalized spacial score (nSPS) is 20.7. The Bertz CT molecular complexity index is 1290. The fourth-order valence-electron chi connectivity index (χ4n) is 7.10. The number of carbonyl (C=O) groups excluding carboxylic acids is 4. The van der Waals surface area contributed by atoms with Crippen LogP contribution in [0.5, 0.6) is 0 Å². The minimum Gasteiger partial charge on any atom is -0.550 e. The Morgan fingerprint density at radius 2 is 1.65 bits per heavy atom. The molecular formula is C36H53N4O6+. The van der Waals surface area contributed by atoms with E-state index in [0.29, 0.717) is 37.7 Å². The lowest BCUT2D eigenvalue weighted by Gasteiger charge is -2.34. The van der Waals surface area contributed by atoms with Crippen molar-refractivity contribution in [1.29, 1.82) is 0 Å². The Hall–Kier alpha value is -3.79. The molecule has 3 rings (SSSR count). The highest BCUT2D eigenvalue weighted by Gasteiger charge is 2.43. The Balaban J connectivity index is 1.90. The molecule has 7 unspecified atom stereocenters. The number of primary amides is 1. The summed E-state index contributed by atoms with van der Waals surface area (Å²) < 4.78 is 8.41. The van der Waals surface area contributed by atoms with Crippen LogP contribution in [0.25, 0.3) is 0 Å². The van der Waals surface area contributed by atoms with Gasteiger partial charge in [-0.15, -0.1) is 0 Å². The van der Waals surface area contributed by atoms with Gasteiger partial charge in [-0.3, -0.25) is 14.4 Å². The third-order valence-electron chi connectivity index (χ3n) is 9.78. The van der Waals surface area contributed by atoms with Gasteiger partial charge in [0.25, 0.3) is 12.6 Å². The highest BCUT2D eigenvalue weighted by atomic mass is 16.5. The number of amides is 2. The average Bonchev–Trinajstić information content (AvgIpc) is 3.41. The van der Waals surface area contributed by atoms with Crippen molar-refractivity contribution in [2.24, 2.45) is 41.2 Å². The largest absolute Gasteiger partial charge is 0.550 e. The van der Waals surface area contributed by atoms with Crippen LogP contribution in [-0.2, 0) is 25.9 Å². The quantitative estimate of drug-likeness (QED) is 0.146. The molecule has 2 aromatic rings. The molecule has 2 amide bonds. The summed E-state index contributed by atoms with van der Waals surface area (Å²) >= 11 is 0. The Morgan fingerprint density at radius 3 is 2.24 bits per heavy atom. The standard InChI is InChI=1S/C36H52N4O6/c1-6-26(33(37)41)21-32(35(43)44)31-22-30(38-34(42)27-14-10-8-11-15-27)20-28(31)19-29(18-25(3)23-40(4,5)7-2)36(45)46-24-39-16-12-9-13-17-39/h8-17,25-26,28-32H,6-7,18-24H2,1-5H3,(H2-2,37,38,41,42,43,44)/p+1. The minimum absolute atomic E-state index is 0.0625. The number of esters is 1. The maximum absolute atomic E-state index is 13.7. The van der Waals surface area contributed by atoms with Crippen LogP contribution in [0.2, 0.25) is 0 Å². The number of rotatable bonds is 18. The van der Waals surface area contributed by atoms with Crippen molar-refractivity contribution in [1.82, 2.24) is 5.32 Å². The molecule has 3 N–H and O–H groups in total. The third kappa shape index (κ3) is 10.9. The van der Waals surface area contributed by atoms with E-state index in [4.69, 9.17) is 10.5 Å². The fourth-order valence-corrected chi connectivity index (χ4v) is 7.10. The number of ether oxygens (including phenoxy) is 1. The van der Waals surface area contributed by atoms with E-state index in [2.05, 4.69) is 33.3 Å². The highest BCUT2D eigenvalue weighted by molar-refractivity contribution is 5.94. The van der Waals surface area contributed by atoms with E-state index in [-0.39, 0.29) is 42.9 Å². The summed E-state index contributed by atoms with van der Waals surface area (Å²) in [5.41, 5.74) is 6.15. The van der Waals surface area contributed by atoms with E-state index in [1.807, 2.05) is 43.6 Å². The van der Waals surface area contributed by atoms with Crippen LogP contribution < -0.4 is 20.7 Å². The molecule has 46 heavy (non-hydrogen) atoms. The van der Waals surface area contributed by atoms with Crippen molar-refractivity contribution in [3.05, 3.63) is 66.5 Å². The number of benzene rings is 1. The maximum Gasteiger partial charge on any atom is 0.313 e. The number of carbonyl (C=O) groups is 4. The van der Waals surface area contributed by atoms with E-state index >= 15 is 0 Å². The van der Waals surface area contributed by atoms with Crippen molar-refractivity contribution < 1.29 is 38.1 Å². The molecule has 10 nitrogen and oxygen atoms in total. The second-order valence-electron chi connectivity index (χ2n) is 13.8. The van der Waals surface area contributed by atoms with Gasteiger partial charge in [-0.1, -0.05) is 38.1 Å². The molecular weight excluding hydrogens is 584 g/mol. The smallest absolute Gasteiger partial charge is 0.313 e. The molecule has 10 heteroatoms. The first-order valence-corrected chi connectivity index (χ1v) is 16.6. The van der Waals surface area contributed by atoms with Gasteiger partial charge in [0.2, 0.25) is 5.91 Å². The molecule has 0 bridgehead atoms. The van der Waals surface area contributed by atoms with Crippen LogP contribution in [-0.4, -0.2) is 61.5 Å². The van der Waals surface area contributed by atoms with Gasteiger partial charge in [0.05, 0.1) is 33.1 Å². The lowest BCUT2D eigenvalue weighted by Crippen LogP contribution is -2.43. The van der Waals surface area contributed by atoms with Gasteiger partial charge < -0.3 is 30.2 Å². The van der Waals surface area contributed by atoms with E-state index in [9.17, 15) is 24.3 Å². The molecule has 1 fully saturated rings. The molecule has 7 atom stereocenters. The van der Waals surface area contributed by atoms with Crippen LogP contribution in [0.4, 0.5) is 0 Å². The summed E-state index contributed by atoms with van der Waals surface area (Å²) in [7, 11) is 4.33. The first-order chi connectivity index (χ1) is 21.8. The van der Waals surface area contributed by atoms with Crippen LogP contribution >= 0.6 is 0 Å². The zero-order valence-corrected chi connectivity index (χ0v) is 28.1. The molecule has 1 heterocycles. The van der Waals surface area contributed by atoms with Crippen LogP contribution in [0.15, 0.2) is 60.9 Å². The molecule has 1 aromatic carbocycles.